The number of methoxy groups -OCH3 is 1. The van der Waals surface area contributed by atoms with E-state index in [2.05, 4.69) is 11.7 Å². The molecule has 47 heavy (non-hydrogen) atoms. The Labute approximate surface area is 273 Å². The van der Waals surface area contributed by atoms with Gasteiger partial charge >= 0.3 is 0 Å². The van der Waals surface area contributed by atoms with Gasteiger partial charge in [-0.2, -0.15) is 10.2 Å². The van der Waals surface area contributed by atoms with Gasteiger partial charge in [-0.05, 0) is 49.6 Å². The predicted molar refractivity (Wildman–Crippen MR) is 178 cm³/mol. The molecule has 6 aromatic rings. The van der Waals surface area contributed by atoms with E-state index in [0.717, 1.165) is 38.3 Å². The van der Waals surface area contributed by atoms with E-state index in [1.807, 2.05) is 66.0 Å². The van der Waals surface area contributed by atoms with Crippen molar-refractivity contribution in [3.8, 4) is 39.5 Å². The Bertz CT molecular complexity index is 2190. The van der Waals surface area contributed by atoms with Gasteiger partial charge in [0.1, 0.15) is 35.4 Å². The summed E-state index contributed by atoms with van der Waals surface area (Å²) in [6.45, 7) is 8.37. The fourth-order valence-electron chi connectivity index (χ4n) is 6.38. The lowest BCUT2D eigenvalue weighted by Crippen LogP contribution is -2.42. The number of aromatic nitrogens is 5. The van der Waals surface area contributed by atoms with Gasteiger partial charge in [0, 0.05) is 59.4 Å². The lowest BCUT2D eigenvalue weighted by atomic mass is 9.96. The number of carbonyl (C=O) groups is 1. The van der Waals surface area contributed by atoms with Crippen molar-refractivity contribution >= 4 is 38.2 Å². The Morgan fingerprint density at radius 1 is 1.11 bits per heavy atom. The van der Waals surface area contributed by atoms with Crippen LogP contribution >= 0.6 is 11.3 Å². The fraction of sp³-hybridized carbons (Fsp3) is 0.257. The molecule has 9 nitrogen and oxygen atoms in total. The van der Waals surface area contributed by atoms with E-state index in [0.29, 0.717) is 29.2 Å². The topological polar surface area (TPSA) is 87.3 Å². The van der Waals surface area contributed by atoms with Crippen molar-refractivity contribution in [3.05, 3.63) is 84.0 Å². The highest BCUT2D eigenvalue weighted by molar-refractivity contribution is 7.18. The quantitative estimate of drug-likeness (QED) is 0.126. The SMILES string of the molecule is C=CC(=O)N1C[C@@H](C)n2nc(-c3nc(-c4ccc5c(cnn5C)c4)c4ccsc4c3-c3c(F)cc(F)cc3OCCOC)cc2[C@H]1C. The lowest BCUT2D eigenvalue weighted by molar-refractivity contribution is -0.129. The largest absolute Gasteiger partial charge is 0.490 e. The number of rotatable bonds is 8. The van der Waals surface area contributed by atoms with Crippen LogP contribution in [0, 0.1) is 11.6 Å². The molecular formula is C35H32F2N6O3S. The highest BCUT2D eigenvalue weighted by Gasteiger charge is 2.34. The molecule has 0 N–H and O–H groups in total. The number of fused-ring (bicyclic) bond motifs is 3. The zero-order valence-corrected chi connectivity index (χ0v) is 27.1. The van der Waals surface area contributed by atoms with E-state index in [-0.39, 0.29) is 42.5 Å². The molecule has 7 rings (SSSR count). The first-order chi connectivity index (χ1) is 22.7. The first-order valence-electron chi connectivity index (χ1n) is 15.2. The molecule has 1 aliphatic heterocycles. The second-order valence-electron chi connectivity index (χ2n) is 11.6. The number of amides is 1. The minimum absolute atomic E-state index is 0.0373. The molecule has 5 heterocycles. The van der Waals surface area contributed by atoms with Crippen LogP contribution in [0.1, 0.15) is 31.6 Å². The Hall–Kier alpha value is -4.94. The van der Waals surface area contributed by atoms with E-state index in [4.69, 9.17) is 19.6 Å². The van der Waals surface area contributed by atoms with Crippen molar-refractivity contribution in [2.75, 3.05) is 26.9 Å². The summed E-state index contributed by atoms with van der Waals surface area (Å²) < 4.78 is 46.3. The van der Waals surface area contributed by atoms with Crippen molar-refractivity contribution in [2.24, 2.45) is 7.05 Å². The van der Waals surface area contributed by atoms with E-state index < -0.39 is 11.6 Å². The van der Waals surface area contributed by atoms with E-state index >= 15 is 4.39 Å². The number of carbonyl (C=O) groups excluding carboxylic acids is 1. The first-order valence-corrected chi connectivity index (χ1v) is 16.1. The van der Waals surface area contributed by atoms with Crippen molar-refractivity contribution in [3.63, 3.8) is 0 Å². The van der Waals surface area contributed by atoms with Gasteiger partial charge in [0.25, 0.3) is 0 Å². The molecule has 0 radical (unpaired) electrons. The van der Waals surface area contributed by atoms with Gasteiger partial charge in [-0.15, -0.1) is 11.3 Å². The zero-order chi connectivity index (χ0) is 33.0. The number of ether oxygens (including phenoxy) is 2. The second-order valence-corrected chi connectivity index (χ2v) is 12.5. The van der Waals surface area contributed by atoms with E-state index in [9.17, 15) is 9.18 Å². The summed E-state index contributed by atoms with van der Waals surface area (Å²) in [7, 11) is 3.42. The molecule has 0 unspecified atom stereocenters. The molecule has 0 saturated heterocycles. The molecule has 2 atom stereocenters. The third-order valence-electron chi connectivity index (χ3n) is 8.68. The van der Waals surface area contributed by atoms with Gasteiger partial charge in [0.05, 0.1) is 47.4 Å². The average molecular weight is 655 g/mol. The summed E-state index contributed by atoms with van der Waals surface area (Å²) in [5.41, 5.74) is 4.75. The monoisotopic (exact) mass is 654 g/mol. The summed E-state index contributed by atoms with van der Waals surface area (Å²) in [5.74, 6) is -1.68. The van der Waals surface area contributed by atoms with Crippen molar-refractivity contribution in [1.29, 1.82) is 0 Å². The summed E-state index contributed by atoms with van der Waals surface area (Å²) in [4.78, 5) is 19.7. The Balaban J connectivity index is 1.52. The average Bonchev–Trinajstić information content (AvgIpc) is 3.81. The molecule has 1 amide bonds. The van der Waals surface area contributed by atoms with Gasteiger partial charge in [-0.25, -0.2) is 13.8 Å². The number of aryl methyl sites for hydroxylation is 1. The number of pyridine rings is 1. The minimum Gasteiger partial charge on any atom is -0.490 e. The summed E-state index contributed by atoms with van der Waals surface area (Å²) in [5, 5.41) is 13.1. The van der Waals surface area contributed by atoms with Crippen LogP contribution in [0.25, 0.3) is 54.8 Å². The minimum atomic E-state index is -0.784. The standard InChI is InChI=1S/C35H32F2N6O3S/c1-6-30(44)42-18-19(2)43-28(20(42)3)16-26(40-43)34-32(31-25(37)14-23(36)15-29(31)46-11-10-45-5)35-24(9-12-47-35)33(39-34)21-7-8-27-22(13-21)17-38-41(27)4/h6-9,12-17,19-20H,1,10-11,18H2,2-5H3/t19-,20-/m1/s1. The van der Waals surface area contributed by atoms with Crippen LogP contribution in [-0.4, -0.2) is 62.2 Å². The van der Waals surface area contributed by atoms with Crippen molar-refractivity contribution in [2.45, 2.75) is 25.9 Å². The maximum atomic E-state index is 16.1. The zero-order valence-electron chi connectivity index (χ0n) is 26.3. The highest BCUT2D eigenvalue weighted by atomic mass is 32.1. The molecule has 0 bridgehead atoms. The molecule has 0 spiro atoms. The molecular weight excluding hydrogens is 622 g/mol. The summed E-state index contributed by atoms with van der Waals surface area (Å²) in [6.07, 6.45) is 3.12. The number of hydrogen-bond acceptors (Lipinski definition) is 7. The van der Waals surface area contributed by atoms with Gasteiger partial charge in [0.2, 0.25) is 5.91 Å². The maximum Gasteiger partial charge on any atom is 0.246 e. The molecule has 2 aromatic carbocycles. The van der Waals surface area contributed by atoms with Gasteiger partial charge in [-0.1, -0.05) is 12.6 Å². The van der Waals surface area contributed by atoms with Crippen LogP contribution in [0.4, 0.5) is 8.78 Å². The number of nitrogens with zero attached hydrogens (tertiary/aromatic N) is 6. The Kier molecular flexibility index (Phi) is 7.85. The molecule has 0 aliphatic carbocycles. The van der Waals surface area contributed by atoms with Gasteiger partial charge < -0.3 is 14.4 Å². The first kappa shape index (κ1) is 30.7. The van der Waals surface area contributed by atoms with Crippen LogP contribution in [0.2, 0.25) is 0 Å². The Morgan fingerprint density at radius 3 is 2.72 bits per heavy atom. The van der Waals surface area contributed by atoms with Crippen LogP contribution in [0.3, 0.4) is 0 Å². The van der Waals surface area contributed by atoms with Crippen LogP contribution in [0.15, 0.2) is 66.7 Å². The van der Waals surface area contributed by atoms with Crippen LogP contribution in [0.5, 0.6) is 5.75 Å². The Morgan fingerprint density at radius 2 is 1.94 bits per heavy atom. The number of hydrogen-bond donors (Lipinski definition) is 0. The molecule has 4 aromatic heterocycles. The van der Waals surface area contributed by atoms with Crippen molar-refractivity contribution < 1.29 is 23.0 Å². The number of thiophene rings is 1. The second kappa shape index (κ2) is 12.0. The molecule has 12 heteroatoms. The third-order valence-corrected chi connectivity index (χ3v) is 9.61. The summed E-state index contributed by atoms with van der Waals surface area (Å²) in [6, 6.07) is 11.5. The van der Waals surface area contributed by atoms with Crippen molar-refractivity contribution in [1.82, 2.24) is 29.4 Å². The van der Waals surface area contributed by atoms with Gasteiger partial charge in [-0.3, -0.25) is 14.2 Å². The molecule has 1 aliphatic rings. The van der Waals surface area contributed by atoms with E-state index in [1.54, 1.807) is 11.1 Å². The molecule has 0 saturated carbocycles. The predicted octanol–water partition coefficient (Wildman–Crippen LogP) is 7.33. The molecule has 240 valence electrons. The van der Waals surface area contributed by atoms with E-state index in [1.165, 1.54) is 30.6 Å². The third kappa shape index (κ3) is 5.17. The maximum absolute atomic E-state index is 16.1. The molecule has 0 fully saturated rings. The number of halogens is 2. The normalized spacial score (nSPS) is 16.2. The van der Waals surface area contributed by atoms with Crippen LogP contribution in [-0.2, 0) is 16.6 Å². The summed E-state index contributed by atoms with van der Waals surface area (Å²) >= 11 is 1.43. The fourth-order valence-corrected chi connectivity index (χ4v) is 7.33. The smallest absolute Gasteiger partial charge is 0.246 e. The highest BCUT2D eigenvalue weighted by Crippen LogP contribution is 2.48. The number of benzene rings is 2. The van der Waals surface area contributed by atoms with Gasteiger partial charge in [0.15, 0.2) is 0 Å². The lowest BCUT2D eigenvalue weighted by Gasteiger charge is -2.36. The van der Waals surface area contributed by atoms with Crippen LogP contribution < -0.4 is 4.74 Å².